The first kappa shape index (κ1) is 14.4. The van der Waals surface area contributed by atoms with Crippen LogP contribution >= 0.6 is 11.6 Å². The van der Waals surface area contributed by atoms with Crippen molar-refractivity contribution in [1.82, 2.24) is 14.7 Å². The largest absolute Gasteiger partial charge is 0.353 e. The summed E-state index contributed by atoms with van der Waals surface area (Å²) in [4.78, 5) is 16.6. The fourth-order valence-corrected chi connectivity index (χ4v) is 3.22. The Kier molecular flexibility index (Phi) is 4.15. The third kappa shape index (κ3) is 3.38. The quantitative estimate of drug-likeness (QED) is 0.946. The lowest BCUT2D eigenvalue weighted by atomic mass is 9.86. The minimum absolute atomic E-state index is 0.0586. The molecule has 21 heavy (non-hydrogen) atoms. The summed E-state index contributed by atoms with van der Waals surface area (Å²) >= 11 is 5.95. The number of fused-ring (bicyclic) bond motifs is 1. The van der Waals surface area contributed by atoms with Gasteiger partial charge in [0.1, 0.15) is 5.65 Å². The molecule has 0 aromatic carbocycles. The zero-order valence-corrected chi connectivity index (χ0v) is 12.9. The normalized spacial score (nSPS) is 22.4. The van der Waals surface area contributed by atoms with Crippen molar-refractivity contribution in [2.24, 2.45) is 5.92 Å². The van der Waals surface area contributed by atoms with Crippen LogP contribution in [0.1, 0.15) is 38.3 Å². The van der Waals surface area contributed by atoms with Crippen LogP contribution in [0.5, 0.6) is 0 Å². The molecule has 1 N–H and O–H groups in total. The number of imidazole rings is 1. The molecule has 4 nitrogen and oxygen atoms in total. The Bertz CT molecular complexity index is 652. The van der Waals surface area contributed by atoms with Gasteiger partial charge in [-0.3, -0.25) is 4.79 Å². The van der Waals surface area contributed by atoms with Crippen LogP contribution in [-0.2, 0) is 11.2 Å². The number of halogens is 1. The third-order valence-corrected chi connectivity index (χ3v) is 4.49. The number of hydrogen-bond donors (Lipinski definition) is 1. The number of carbonyl (C=O) groups is 1. The average molecular weight is 306 g/mol. The zero-order chi connectivity index (χ0) is 14.8. The highest BCUT2D eigenvalue weighted by Crippen LogP contribution is 2.23. The predicted octanol–water partition coefficient (Wildman–Crippen LogP) is 3.23. The Hall–Kier alpha value is -1.55. The Morgan fingerprint density at radius 1 is 1.38 bits per heavy atom. The van der Waals surface area contributed by atoms with Crippen LogP contribution in [-0.4, -0.2) is 21.3 Å². The number of aromatic nitrogens is 2. The molecule has 1 saturated carbocycles. The summed E-state index contributed by atoms with van der Waals surface area (Å²) in [6.07, 6.45) is 8.77. The van der Waals surface area contributed by atoms with Gasteiger partial charge in [-0.1, -0.05) is 31.4 Å². The molecule has 2 aromatic rings. The van der Waals surface area contributed by atoms with Gasteiger partial charge in [-0.2, -0.15) is 0 Å². The summed E-state index contributed by atoms with van der Waals surface area (Å²) in [6.45, 7) is 2.22. The zero-order valence-electron chi connectivity index (χ0n) is 12.2. The van der Waals surface area contributed by atoms with Gasteiger partial charge in [0.15, 0.2) is 0 Å². The molecular weight excluding hydrogens is 286 g/mol. The van der Waals surface area contributed by atoms with E-state index in [1.54, 1.807) is 12.3 Å². The van der Waals surface area contributed by atoms with Crippen molar-refractivity contribution in [3.8, 4) is 0 Å². The van der Waals surface area contributed by atoms with E-state index in [1.165, 1.54) is 19.3 Å². The second kappa shape index (κ2) is 6.06. The Balaban J connectivity index is 1.65. The number of hydrogen-bond acceptors (Lipinski definition) is 2. The van der Waals surface area contributed by atoms with Gasteiger partial charge >= 0.3 is 0 Å². The molecule has 0 aliphatic heterocycles. The maximum atomic E-state index is 12.2. The van der Waals surface area contributed by atoms with Crippen LogP contribution < -0.4 is 5.32 Å². The van der Waals surface area contributed by atoms with Crippen molar-refractivity contribution in [2.45, 2.75) is 45.1 Å². The molecule has 1 aliphatic carbocycles. The van der Waals surface area contributed by atoms with E-state index < -0.39 is 0 Å². The molecule has 1 fully saturated rings. The number of nitrogens with zero attached hydrogens (tertiary/aromatic N) is 2. The maximum absolute atomic E-state index is 12.2. The molecule has 0 saturated heterocycles. The molecule has 2 unspecified atom stereocenters. The monoisotopic (exact) mass is 305 g/mol. The van der Waals surface area contributed by atoms with Gasteiger partial charge < -0.3 is 9.72 Å². The van der Waals surface area contributed by atoms with Crippen LogP contribution in [0.15, 0.2) is 24.5 Å². The minimum Gasteiger partial charge on any atom is -0.353 e. The Morgan fingerprint density at radius 2 is 2.19 bits per heavy atom. The van der Waals surface area contributed by atoms with Crippen LogP contribution in [0, 0.1) is 5.92 Å². The second-order valence-electron chi connectivity index (χ2n) is 5.96. The van der Waals surface area contributed by atoms with E-state index in [0.717, 1.165) is 17.8 Å². The molecule has 2 aromatic heterocycles. The van der Waals surface area contributed by atoms with Crippen molar-refractivity contribution >= 4 is 23.2 Å². The fraction of sp³-hybridized carbons (Fsp3) is 0.500. The van der Waals surface area contributed by atoms with Crippen molar-refractivity contribution < 1.29 is 4.79 Å². The van der Waals surface area contributed by atoms with Gasteiger partial charge in [0.05, 0.1) is 17.1 Å². The highest BCUT2D eigenvalue weighted by atomic mass is 35.5. The number of amides is 1. The summed E-state index contributed by atoms with van der Waals surface area (Å²) < 4.78 is 1.86. The topological polar surface area (TPSA) is 46.4 Å². The molecular formula is C16H20ClN3O. The van der Waals surface area contributed by atoms with Crippen LogP contribution in [0.4, 0.5) is 0 Å². The van der Waals surface area contributed by atoms with E-state index in [2.05, 4.69) is 17.2 Å². The van der Waals surface area contributed by atoms with Crippen molar-refractivity contribution in [3.63, 3.8) is 0 Å². The van der Waals surface area contributed by atoms with Gasteiger partial charge in [0.25, 0.3) is 0 Å². The first-order valence-electron chi connectivity index (χ1n) is 7.54. The van der Waals surface area contributed by atoms with Crippen LogP contribution in [0.25, 0.3) is 5.65 Å². The summed E-state index contributed by atoms with van der Waals surface area (Å²) in [7, 11) is 0. The Labute approximate surface area is 129 Å². The lowest BCUT2D eigenvalue weighted by Gasteiger charge is -2.29. The fourth-order valence-electron chi connectivity index (χ4n) is 3.06. The highest BCUT2D eigenvalue weighted by molar-refractivity contribution is 6.30. The minimum atomic E-state index is 0.0586. The third-order valence-electron chi connectivity index (χ3n) is 4.26. The van der Waals surface area contributed by atoms with Gasteiger partial charge in [0.2, 0.25) is 5.91 Å². The van der Waals surface area contributed by atoms with E-state index >= 15 is 0 Å². The molecule has 5 heteroatoms. The standard InChI is InChI=1S/C16H20ClN3O/c1-11-4-2-3-5-14(11)19-16(21)8-13-10-20-9-12(17)6-7-15(20)18-13/h6-7,9-11,14H,2-5,8H2,1H3,(H,19,21). The van der Waals surface area contributed by atoms with E-state index in [1.807, 2.05) is 16.7 Å². The molecule has 2 atom stereocenters. The smallest absolute Gasteiger partial charge is 0.226 e. The van der Waals surface area contributed by atoms with E-state index in [4.69, 9.17) is 11.6 Å². The number of nitrogens with one attached hydrogen (secondary N) is 1. The van der Waals surface area contributed by atoms with E-state index in [9.17, 15) is 4.79 Å². The second-order valence-corrected chi connectivity index (χ2v) is 6.39. The first-order chi connectivity index (χ1) is 10.1. The highest BCUT2D eigenvalue weighted by Gasteiger charge is 2.23. The Morgan fingerprint density at radius 3 is 3.00 bits per heavy atom. The SMILES string of the molecule is CC1CCCCC1NC(=O)Cc1cn2cc(Cl)ccc2n1. The lowest BCUT2D eigenvalue weighted by Crippen LogP contribution is -2.41. The predicted molar refractivity (Wildman–Crippen MR) is 83.5 cm³/mol. The molecule has 0 bridgehead atoms. The summed E-state index contributed by atoms with van der Waals surface area (Å²) in [5.74, 6) is 0.630. The van der Waals surface area contributed by atoms with Crippen molar-refractivity contribution in [3.05, 3.63) is 35.2 Å². The van der Waals surface area contributed by atoms with Gasteiger partial charge in [-0.25, -0.2) is 4.98 Å². The lowest BCUT2D eigenvalue weighted by molar-refractivity contribution is -0.121. The number of carbonyl (C=O) groups excluding carboxylic acids is 1. The van der Waals surface area contributed by atoms with Gasteiger partial charge in [-0.05, 0) is 30.9 Å². The molecule has 1 amide bonds. The van der Waals surface area contributed by atoms with E-state index in [0.29, 0.717) is 23.4 Å². The molecule has 3 rings (SSSR count). The summed E-state index contributed by atoms with van der Waals surface area (Å²) in [5.41, 5.74) is 1.59. The summed E-state index contributed by atoms with van der Waals surface area (Å²) in [6, 6.07) is 3.97. The summed E-state index contributed by atoms with van der Waals surface area (Å²) in [5, 5.41) is 3.82. The number of pyridine rings is 1. The molecule has 0 spiro atoms. The van der Waals surface area contributed by atoms with Crippen molar-refractivity contribution in [2.75, 3.05) is 0 Å². The number of rotatable bonds is 3. The van der Waals surface area contributed by atoms with Crippen LogP contribution in [0.3, 0.4) is 0 Å². The maximum Gasteiger partial charge on any atom is 0.226 e. The van der Waals surface area contributed by atoms with Crippen molar-refractivity contribution in [1.29, 1.82) is 0 Å². The first-order valence-corrected chi connectivity index (χ1v) is 7.92. The molecule has 2 heterocycles. The average Bonchev–Trinajstić information content (AvgIpc) is 2.82. The van der Waals surface area contributed by atoms with E-state index in [-0.39, 0.29) is 5.91 Å². The molecule has 112 valence electrons. The van der Waals surface area contributed by atoms with Gasteiger partial charge in [0, 0.05) is 18.4 Å². The van der Waals surface area contributed by atoms with Crippen LogP contribution in [0.2, 0.25) is 5.02 Å². The molecule has 1 aliphatic rings. The molecule has 0 radical (unpaired) electrons. The van der Waals surface area contributed by atoms with Gasteiger partial charge in [-0.15, -0.1) is 0 Å².